The monoisotopic (exact) mass is 444 g/mol. The first kappa shape index (κ1) is 21.6. The Morgan fingerprint density at radius 1 is 0.909 bits per heavy atom. The summed E-state index contributed by atoms with van der Waals surface area (Å²) in [5, 5.41) is 11.3. The van der Waals surface area contributed by atoms with Crippen LogP contribution in [0.2, 0.25) is 0 Å². The second kappa shape index (κ2) is 8.46. The van der Waals surface area contributed by atoms with Crippen LogP contribution in [0.5, 0.6) is 0 Å². The maximum atomic E-state index is 12.9. The number of ether oxygens (including phenoxy) is 1. The number of nitro groups is 1. The van der Waals surface area contributed by atoms with Gasteiger partial charge in [0.2, 0.25) is 5.78 Å². The number of Topliss-reactive ketones (excluding diaryl/α,β-unsaturated/α-hetero) is 1. The minimum atomic E-state index is -1.06. The number of rotatable bonds is 6. The Balaban J connectivity index is 1.58. The maximum absolute atomic E-state index is 12.9. The van der Waals surface area contributed by atoms with Gasteiger partial charge in [-0.3, -0.25) is 24.5 Å². The van der Waals surface area contributed by atoms with Gasteiger partial charge in [0, 0.05) is 11.6 Å². The van der Waals surface area contributed by atoms with Crippen LogP contribution in [0.25, 0.3) is 0 Å². The fourth-order valence-electron chi connectivity index (χ4n) is 3.55. The first-order valence-electron chi connectivity index (χ1n) is 9.86. The Morgan fingerprint density at radius 2 is 1.58 bits per heavy atom. The number of carbonyl (C=O) groups excluding carboxylic acids is 4. The summed E-state index contributed by atoms with van der Waals surface area (Å²) in [7, 11) is 0. The molecule has 9 nitrogen and oxygen atoms in total. The van der Waals surface area contributed by atoms with Crippen molar-refractivity contribution < 1.29 is 28.8 Å². The molecule has 0 aliphatic carbocycles. The number of hydrogen-bond acceptors (Lipinski definition) is 7. The highest BCUT2D eigenvalue weighted by atomic mass is 16.6. The molecular weight excluding hydrogens is 428 g/mol. The van der Waals surface area contributed by atoms with Crippen LogP contribution < -0.4 is 4.90 Å². The van der Waals surface area contributed by atoms with Gasteiger partial charge in [-0.15, -0.1) is 0 Å². The fourth-order valence-corrected chi connectivity index (χ4v) is 3.55. The number of esters is 1. The average Bonchev–Trinajstić information content (AvgIpc) is 3.09. The molecule has 164 valence electrons. The van der Waals surface area contributed by atoms with Crippen LogP contribution in [0.4, 0.5) is 11.4 Å². The van der Waals surface area contributed by atoms with E-state index in [1.165, 1.54) is 43.3 Å². The Kier molecular flexibility index (Phi) is 5.53. The molecule has 0 aromatic heterocycles. The average molecular weight is 444 g/mol. The highest BCUT2D eigenvalue weighted by Crippen LogP contribution is 2.34. The quantitative estimate of drug-likeness (QED) is 0.186. The Labute approximate surface area is 187 Å². The second-order valence-corrected chi connectivity index (χ2v) is 7.23. The van der Waals surface area contributed by atoms with E-state index in [4.69, 9.17) is 4.74 Å². The van der Waals surface area contributed by atoms with Gasteiger partial charge in [0.25, 0.3) is 17.5 Å². The first-order valence-corrected chi connectivity index (χ1v) is 9.86. The van der Waals surface area contributed by atoms with Crippen LogP contribution in [0.3, 0.4) is 0 Å². The number of imide groups is 1. The van der Waals surface area contributed by atoms with Crippen molar-refractivity contribution >= 4 is 34.9 Å². The highest BCUT2D eigenvalue weighted by molar-refractivity contribution is 6.35. The van der Waals surface area contributed by atoms with Crippen LogP contribution in [0, 0.1) is 10.1 Å². The van der Waals surface area contributed by atoms with Gasteiger partial charge in [0.15, 0.2) is 6.10 Å². The van der Waals surface area contributed by atoms with E-state index >= 15 is 0 Å². The summed E-state index contributed by atoms with van der Waals surface area (Å²) in [5.74, 6) is -2.80. The third-order valence-corrected chi connectivity index (χ3v) is 5.14. The number of ketones is 1. The van der Waals surface area contributed by atoms with Gasteiger partial charge < -0.3 is 4.74 Å². The molecular formula is C24H16N2O7. The largest absolute Gasteiger partial charge is 0.451 e. The molecule has 1 atom stereocenters. The molecule has 3 aromatic carbocycles. The fraction of sp³-hybridized carbons (Fsp3) is 0.0833. The molecule has 0 fully saturated rings. The molecule has 1 aliphatic heterocycles. The SMILES string of the molecule is C[C@@H](OC(=O)c1cccc(N2C(=O)c3cccc([N+](=O)[O-])c3C2=O)c1)C(=O)c1ccccc1. The molecule has 9 heteroatoms. The summed E-state index contributed by atoms with van der Waals surface area (Å²) >= 11 is 0. The van der Waals surface area contributed by atoms with Gasteiger partial charge in [0.1, 0.15) is 5.56 Å². The summed E-state index contributed by atoms with van der Waals surface area (Å²) in [6.07, 6.45) is -1.06. The number of amides is 2. The molecule has 0 radical (unpaired) electrons. The summed E-state index contributed by atoms with van der Waals surface area (Å²) in [6.45, 7) is 1.44. The molecule has 0 spiro atoms. The van der Waals surface area contributed by atoms with Gasteiger partial charge in [-0.05, 0) is 31.2 Å². The smallest absolute Gasteiger partial charge is 0.338 e. The summed E-state index contributed by atoms with van der Waals surface area (Å²) < 4.78 is 5.27. The Bertz CT molecular complexity index is 1320. The predicted molar refractivity (Wildman–Crippen MR) is 116 cm³/mol. The van der Waals surface area contributed by atoms with Crippen molar-refractivity contribution in [3.8, 4) is 0 Å². The molecule has 4 rings (SSSR count). The lowest BCUT2D eigenvalue weighted by Crippen LogP contribution is -2.30. The lowest BCUT2D eigenvalue weighted by Gasteiger charge is -2.16. The maximum Gasteiger partial charge on any atom is 0.338 e. The van der Waals surface area contributed by atoms with Crippen LogP contribution >= 0.6 is 0 Å². The van der Waals surface area contributed by atoms with E-state index in [-0.39, 0.29) is 28.2 Å². The lowest BCUT2D eigenvalue weighted by molar-refractivity contribution is -0.385. The van der Waals surface area contributed by atoms with Crippen LogP contribution in [0.1, 0.15) is 48.4 Å². The summed E-state index contributed by atoms with van der Waals surface area (Å²) in [5.41, 5.74) is -0.429. The predicted octanol–water partition coefficient (Wildman–Crippen LogP) is 3.82. The van der Waals surface area contributed by atoms with Crippen LogP contribution in [-0.4, -0.2) is 34.6 Å². The van der Waals surface area contributed by atoms with Crippen LogP contribution in [-0.2, 0) is 4.74 Å². The molecule has 1 heterocycles. The van der Waals surface area contributed by atoms with E-state index in [0.29, 0.717) is 5.56 Å². The van der Waals surface area contributed by atoms with Crippen molar-refractivity contribution in [2.45, 2.75) is 13.0 Å². The number of fused-ring (bicyclic) bond motifs is 1. The van der Waals surface area contributed by atoms with Crippen molar-refractivity contribution in [1.29, 1.82) is 0 Å². The first-order chi connectivity index (χ1) is 15.8. The van der Waals surface area contributed by atoms with E-state index in [0.717, 1.165) is 11.0 Å². The van der Waals surface area contributed by atoms with Crippen molar-refractivity contribution in [3.63, 3.8) is 0 Å². The zero-order valence-corrected chi connectivity index (χ0v) is 17.3. The third-order valence-electron chi connectivity index (χ3n) is 5.14. The molecule has 33 heavy (non-hydrogen) atoms. The molecule has 0 saturated heterocycles. The standard InChI is InChI=1S/C24H16N2O7/c1-14(21(27)15-7-3-2-4-8-15)33-24(30)16-9-5-10-17(13-16)25-22(28)18-11-6-12-19(26(31)32)20(18)23(25)29/h2-14H,1H3/t14-/m1/s1. The number of benzene rings is 3. The van der Waals surface area contributed by atoms with E-state index in [1.54, 1.807) is 30.3 Å². The van der Waals surface area contributed by atoms with Gasteiger partial charge in [-0.25, -0.2) is 9.69 Å². The van der Waals surface area contributed by atoms with Crippen molar-refractivity contribution in [3.05, 3.63) is 105 Å². The van der Waals surface area contributed by atoms with E-state index in [9.17, 15) is 29.3 Å². The number of nitrogens with zero attached hydrogens (tertiary/aromatic N) is 2. The number of anilines is 1. The molecule has 2 amide bonds. The highest BCUT2D eigenvalue weighted by Gasteiger charge is 2.42. The van der Waals surface area contributed by atoms with Gasteiger partial charge in [-0.1, -0.05) is 42.5 Å². The van der Waals surface area contributed by atoms with Crippen molar-refractivity contribution in [2.75, 3.05) is 4.90 Å². The number of carbonyl (C=O) groups is 4. The minimum Gasteiger partial charge on any atom is -0.451 e. The Hall–Kier alpha value is -4.66. The molecule has 3 aromatic rings. The summed E-state index contributed by atoms with van der Waals surface area (Å²) in [4.78, 5) is 62.1. The van der Waals surface area contributed by atoms with Gasteiger partial charge >= 0.3 is 5.97 Å². The molecule has 0 unspecified atom stereocenters. The van der Waals surface area contributed by atoms with Crippen molar-refractivity contribution in [1.82, 2.24) is 0 Å². The van der Waals surface area contributed by atoms with E-state index in [1.807, 2.05) is 0 Å². The van der Waals surface area contributed by atoms with E-state index in [2.05, 4.69) is 0 Å². The zero-order valence-electron chi connectivity index (χ0n) is 17.3. The minimum absolute atomic E-state index is 0.00580. The summed E-state index contributed by atoms with van der Waals surface area (Å²) in [6, 6.07) is 17.7. The molecule has 0 bridgehead atoms. The normalized spacial score (nSPS) is 13.4. The molecule has 1 aliphatic rings. The Morgan fingerprint density at radius 3 is 2.27 bits per heavy atom. The van der Waals surface area contributed by atoms with Gasteiger partial charge in [0.05, 0.1) is 21.7 Å². The number of nitro benzene ring substituents is 1. The van der Waals surface area contributed by atoms with E-state index < -0.39 is 34.5 Å². The lowest BCUT2D eigenvalue weighted by atomic mass is 10.1. The number of hydrogen-bond donors (Lipinski definition) is 0. The zero-order chi connectivity index (χ0) is 23.7. The molecule has 0 N–H and O–H groups in total. The topological polar surface area (TPSA) is 124 Å². The second-order valence-electron chi connectivity index (χ2n) is 7.23. The third kappa shape index (κ3) is 3.87. The van der Waals surface area contributed by atoms with Crippen molar-refractivity contribution in [2.24, 2.45) is 0 Å². The van der Waals surface area contributed by atoms with Crippen LogP contribution in [0.15, 0.2) is 72.8 Å². The molecule has 0 saturated carbocycles. The van der Waals surface area contributed by atoms with Gasteiger partial charge in [-0.2, -0.15) is 0 Å².